The van der Waals surface area contributed by atoms with Crippen LogP contribution < -0.4 is 10.2 Å². The van der Waals surface area contributed by atoms with Crippen molar-refractivity contribution < 1.29 is 4.74 Å². The number of hydrogen-bond acceptors (Lipinski definition) is 3. The van der Waals surface area contributed by atoms with Crippen LogP contribution in [0.2, 0.25) is 5.02 Å². The van der Waals surface area contributed by atoms with Crippen molar-refractivity contribution in [1.82, 2.24) is 5.32 Å². The molecule has 1 aromatic rings. The van der Waals surface area contributed by atoms with E-state index in [-0.39, 0.29) is 6.04 Å². The lowest BCUT2D eigenvalue weighted by atomic mass is 10.1. The molecule has 20 heavy (non-hydrogen) atoms. The molecule has 1 aliphatic rings. The fraction of sp³-hybridized carbons (Fsp3) is 0.625. The number of nitrogens with one attached hydrogen (secondary N) is 1. The lowest BCUT2D eigenvalue weighted by molar-refractivity contribution is 0.116. The summed E-state index contributed by atoms with van der Waals surface area (Å²) in [5.41, 5.74) is 2.31. The predicted octanol–water partition coefficient (Wildman–Crippen LogP) is 3.63. The van der Waals surface area contributed by atoms with Crippen LogP contribution in [0.5, 0.6) is 0 Å². The van der Waals surface area contributed by atoms with Gasteiger partial charge in [0.25, 0.3) is 0 Å². The zero-order valence-corrected chi connectivity index (χ0v) is 13.4. The van der Waals surface area contributed by atoms with Crippen LogP contribution in [-0.4, -0.2) is 32.8 Å². The minimum Gasteiger partial charge on any atom is -0.376 e. The molecule has 112 valence electrons. The highest BCUT2D eigenvalue weighted by molar-refractivity contribution is 6.31. The van der Waals surface area contributed by atoms with Crippen LogP contribution in [0, 0.1) is 0 Å². The zero-order chi connectivity index (χ0) is 14.5. The Morgan fingerprint density at radius 3 is 2.90 bits per heavy atom. The fourth-order valence-corrected chi connectivity index (χ4v) is 3.06. The third-order valence-corrected chi connectivity index (χ3v) is 4.23. The number of halogens is 1. The smallest absolute Gasteiger partial charge is 0.0750 e. The number of anilines is 1. The van der Waals surface area contributed by atoms with E-state index in [0.29, 0.717) is 6.10 Å². The van der Waals surface area contributed by atoms with E-state index < -0.39 is 0 Å². The summed E-state index contributed by atoms with van der Waals surface area (Å²) in [6.07, 6.45) is 2.70. The summed E-state index contributed by atoms with van der Waals surface area (Å²) in [6.45, 7) is 7.02. The average molecular weight is 297 g/mol. The number of rotatable bonds is 6. The van der Waals surface area contributed by atoms with Crippen molar-refractivity contribution in [3.05, 3.63) is 28.8 Å². The molecule has 0 radical (unpaired) electrons. The Hall–Kier alpha value is -0.770. The van der Waals surface area contributed by atoms with Crippen molar-refractivity contribution in [1.29, 1.82) is 0 Å². The SMILES string of the molecule is CCNC(C)c1ccc(N(C)CC2CCCO2)cc1Cl. The molecule has 2 rings (SSSR count). The maximum atomic E-state index is 6.42. The molecule has 1 aliphatic heterocycles. The first-order valence-corrected chi connectivity index (χ1v) is 7.85. The Balaban J connectivity index is 2.03. The first kappa shape index (κ1) is 15.6. The summed E-state index contributed by atoms with van der Waals surface area (Å²) in [7, 11) is 2.10. The second-order valence-corrected chi connectivity index (χ2v) is 5.91. The van der Waals surface area contributed by atoms with Gasteiger partial charge in [-0.15, -0.1) is 0 Å². The van der Waals surface area contributed by atoms with E-state index in [2.05, 4.69) is 49.3 Å². The second-order valence-electron chi connectivity index (χ2n) is 5.50. The summed E-state index contributed by atoms with van der Waals surface area (Å²) in [6, 6.07) is 6.60. The average Bonchev–Trinajstić information content (AvgIpc) is 2.91. The third-order valence-electron chi connectivity index (χ3n) is 3.90. The molecule has 0 spiro atoms. The van der Waals surface area contributed by atoms with Crippen LogP contribution in [-0.2, 0) is 4.74 Å². The second kappa shape index (κ2) is 7.30. The number of likely N-dealkylation sites (N-methyl/N-ethyl adjacent to an activating group) is 1. The molecule has 1 N–H and O–H groups in total. The highest BCUT2D eigenvalue weighted by atomic mass is 35.5. The number of nitrogens with zero attached hydrogens (tertiary/aromatic N) is 1. The first-order chi connectivity index (χ1) is 9.61. The number of benzene rings is 1. The molecule has 4 heteroatoms. The van der Waals surface area contributed by atoms with E-state index in [4.69, 9.17) is 16.3 Å². The van der Waals surface area contributed by atoms with Crippen LogP contribution >= 0.6 is 11.6 Å². The van der Waals surface area contributed by atoms with Crippen molar-refractivity contribution in [2.45, 2.75) is 38.8 Å². The minimum atomic E-state index is 0.282. The Morgan fingerprint density at radius 1 is 1.50 bits per heavy atom. The normalized spacial score (nSPS) is 20.1. The van der Waals surface area contributed by atoms with Crippen molar-refractivity contribution in [2.75, 3.05) is 31.6 Å². The summed E-state index contributed by atoms with van der Waals surface area (Å²) in [5, 5.41) is 4.22. The highest BCUT2D eigenvalue weighted by Crippen LogP contribution is 2.28. The van der Waals surface area contributed by atoms with E-state index in [1.165, 1.54) is 6.42 Å². The summed E-state index contributed by atoms with van der Waals surface area (Å²) in [4.78, 5) is 2.23. The number of hydrogen-bond donors (Lipinski definition) is 1. The van der Waals surface area contributed by atoms with Gasteiger partial charge in [0.1, 0.15) is 0 Å². The Kier molecular flexibility index (Phi) is 5.70. The molecule has 1 heterocycles. The molecule has 0 aromatic heterocycles. The van der Waals surface area contributed by atoms with E-state index in [0.717, 1.165) is 42.4 Å². The van der Waals surface area contributed by atoms with Crippen LogP contribution in [0.1, 0.15) is 38.3 Å². The molecule has 3 nitrogen and oxygen atoms in total. The van der Waals surface area contributed by atoms with Crippen molar-refractivity contribution >= 4 is 17.3 Å². The standard InChI is InChI=1S/C16H25ClN2O/c1-4-18-12(2)15-8-7-13(10-16(15)17)19(3)11-14-6-5-9-20-14/h7-8,10,12,14,18H,4-6,9,11H2,1-3H3. The fourth-order valence-electron chi connectivity index (χ4n) is 2.72. The molecular weight excluding hydrogens is 272 g/mol. The molecule has 0 aliphatic carbocycles. The van der Waals surface area contributed by atoms with Crippen molar-refractivity contribution in [2.24, 2.45) is 0 Å². The van der Waals surface area contributed by atoms with E-state index in [1.54, 1.807) is 0 Å². The molecule has 1 fully saturated rings. The van der Waals surface area contributed by atoms with Gasteiger partial charge >= 0.3 is 0 Å². The van der Waals surface area contributed by atoms with Gasteiger partial charge in [-0.1, -0.05) is 24.6 Å². The van der Waals surface area contributed by atoms with Gasteiger partial charge in [-0.05, 0) is 44.0 Å². The summed E-state index contributed by atoms with van der Waals surface area (Å²) < 4.78 is 5.68. The van der Waals surface area contributed by atoms with Gasteiger partial charge in [0.2, 0.25) is 0 Å². The van der Waals surface area contributed by atoms with Gasteiger partial charge in [-0.25, -0.2) is 0 Å². The third kappa shape index (κ3) is 3.87. The van der Waals surface area contributed by atoms with Gasteiger partial charge in [-0.2, -0.15) is 0 Å². The van der Waals surface area contributed by atoms with Crippen LogP contribution in [0.15, 0.2) is 18.2 Å². The predicted molar refractivity (Wildman–Crippen MR) is 85.8 cm³/mol. The monoisotopic (exact) mass is 296 g/mol. The molecule has 0 bridgehead atoms. The van der Waals surface area contributed by atoms with Crippen LogP contribution in [0.25, 0.3) is 0 Å². The molecule has 2 atom stereocenters. The Bertz CT molecular complexity index is 432. The molecular formula is C16H25ClN2O. The van der Waals surface area contributed by atoms with Gasteiger partial charge in [-0.3, -0.25) is 0 Å². The molecule has 0 saturated carbocycles. The summed E-state index contributed by atoms with van der Waals surface area (Å²) in [5.74, 6) is 0. The van der Waals surface area contributed by atoms with Gasteiger partial charge in [0, 0.05) is 37.0 Å². The molecule has 1 saturated heterocycles. The van der Waals surface area contributed by atoms with Gasteiger partial charge in [0.15, 0.2) is 0 Å². The topological polar surface area (TPSA) is 24.5 Å². The van der Waals surface area contributed by atoms with Crippen molar-refractivity contribution in [3.8, 4) is 0 Å². The van der Waals surface area contributed by atoms with E-state index in [9.17, 15) is 0 Å². The van der Waals surface area contributed by atoms with Crippen molar-refractivity contribution in [3.63, 3.8) is 0 Å². The van der Waals surface area contributed by atoms with Gasteiger partial charge in [0.05, 0.1) is 6.10 Å². The molecule has 0 amide bonds. The maximum Gasteiger partial charge on any atom is 0.0750 e. The maximum absolute atomic E-state index is 6.42. The van der Waals surface area contributed by atoms with Crippen LogP contribution in [0.3, 0.4) is 0 Å². The quantitative estimate of drug-likeness (QED) is 0.867. The molecule has 1 aromatic carbocycles. The Labute approximate surface area is 127 Å². The minimum absolute atomic E-state index is 0.282. The lowest BCUT2D eigenvalue weighted by Crippen LogP contribution is -2.28. The number of ether oxygens (including phenoxy) is 1. The highest BCUT2D eigenvalue weighted by Gasteiger charge is 2.18. The van der Waals surface area contributed by atoms with Gasteiger partial charge < -0.3 is 15.0 Å². The first-order valence-electron chi connectivity index (χ1n) is 7.47. The molecule has 2 unspecified atom stereocenters. The lowest BCUT2D eigenvalue weighted by Gasteiger charge is -2.24. The largest absolute Gasteiger partial charge is 0.376 e. The van der Waals surface area contributed by atoms with E-state index in [1.807, 2.05) is 0 Å². The zero-order valence-electron chi connectivity index (χ0n) is 12.7. The van der Waals surface area contributed by atoms with Crippen LogP contribution in [0.4, 0.5) is 5.69 Å². The van der Waals surface area contributed by atoms with E-state index >= 15 is 0 Å². The summed E-state index contributed by atoms with van der Waals surface area (Å²) >= 11 is 6.42. The Morgan fingerprint density at radius 2 is 2.30 bits per heavy atom.